The largest absolute Gasteiger partial charge is 0.458 e. The molecule has 0 amide bonds. The summed E-state index contributed by atoms with van der Waals surface area (Å²) in [6.07, 6.45) is 2.93. The Bertz CT molecular complexity index is 591. The molecule has 6 nitrogen and oxygen atoms in total. The first-order valence-corrected chi connectivity index (χ1v) is 8.53. The SMILES string of the molecule is C=C(C)C(=O)OC1C/C(CO)=C\CC[C@@H](CO)C[C@H]2OC(=O)C(=C)[C@H]12. The van der Waals surface area contributed by atoms with E-state index < -0.39 is 30.1 Å². The Labute approximate surface area is 147 Å². The van der Waals surface area contributed by atoms with Crippen molar-refractivity contribution < 1.29 is 29.3 Å². The molecule has 2 N–H and O–H groups in total. The van der Waals surface area contributed by atoms with Gasteiger partial charge in [0.1, 0.15) is 12.2 Å². The second-order valence-corrected chi connectivity index (χ2v) is 6.81. The summed E-state index contributed by atoms with van der Waals surface area (Å²) >= 11 is 0. The van der Waals surface area contributed by atoms with E-state index in [4.69, 9.17) is 9.47 Å². The molecule has 1 aliphatic carbocycles. The van der Waals surface area contributed by atoms with Crippen LogP contribution in [0.25, 0.3) is 0 Å². The van der Waals surface area contributed by atoms with Gasteiger partial charge in [-0.15, -0.1) is 0 Å². The van der Waals surface area contributed by atoms with Crippen LogP contribution in [0.15, 0.2) is 36.0 Å². The van der Waals surface area contributed by atoms with Gasteiger partial charge in [-0.25, -0.2) is 9.59 Å². The number of ether oxygens (including phenoxy) is 2. The van der Waals surface area contributed by atoms with Gasteiger partial charge >= 0.3 is 11.9 Å². The Hall–Kier alpha value is -1.92. The van der Waals surface area contributed by atoms with Crippen molar-refractivity contribution in [3.8, 4) is 0 Å². The van der Waals surface area contributed by atoms with E-state index in [1.807, 2.05) is 6.08 Å². The lowest BCUT2D eigenvalue weighted by atomic mass is 9.81. The quantitative estimate of drug-likeness (QED) is 0.455. The number of aliphatic hydroxyl groups excluding tert-OH is 2. The normalized spacial score (nSPS) is 32.2. The number of carbonyl (C=O) groups excluding carboxylic acids is 2. The molecule has 2 aliphatic rings. The molecule has 138 valence electrons. The van der Waals surface area contributed by atoms with Crippen LogP contribution >= 0.6 is 0 Å². The lowest BCUT2D eigenvalue weighted by Gasteiger charge is -2.30. The molecule has 25 heavy (non-hydrogen) atoms. The van der Waals surface area contributed by atoms with E-state index in [0.717, 1.165) is 12.0 Å². The van der Waals surface area contributed by atoms with Crippen molar-refractivity contribution >= 4 is 11.9 Å². The molecule has 0 aromatic carbocycles. The van der Waals surface area contributed by atoms with Gasteiger partial charge in [0.15, 0.2) is 0 Å². The maximum atomic E-state index is 12.1. The van der Waals surface area contributed by atoms with Gasteiger partial charge in [0.2, 0.25) is 0 Å². The van der Waals surface area contributed by atoms with Gasteiger partial charge in [-0.1, -0.05) is 19.2 Å². The number of carbonyl (C=O) groups is 2. The zero-order valence-electron chi connectivity index (χ0n) is 14.6. The van der Waals surface area contributed by atoms with Crippen molar-refractivity contribution in [1.29, 1.82) is 0 Å². The summed E-state index contributed by atoms with van der Waals surface area (Å²) in [7, 11) is 0. The van der Waals surface area contributed by atoms with Crippen molar-refractivity contribution in [2.45, 2.75) is 44.8 Å². The third kappa shape index (κ3) is 4.58. The van der Waals surface area contributed by atoms with Crippen molar-refractivity contribution in [1.82, 2.24) is 0 Å². The van der Waals surface area contributed by atoms with E-state index in [0.29, 0.717) is 19.3 Å². The van der Waals surface area contributed by atoms with Gasteiger partial charge in [-0.05, 0) is 37.7 Å². The molecule has 2 rings (SSSR count). The van der Waals surface area contributed by atoms with Crippen LogP contribution in [0.5, 0.6) is 0 Å². The number of aliphatic hydroxyl groups is 2. The van der Waals surface area contributed by atoms with E-state index in [9.17, 15) is 19.8 Å². The molecule has 4 atom stereocenters. The average Bonchev–Trinajstić information content (AvgIpc) is 2.85. The van der Waals surface area contributed by atoms with Crippen LogP contribution in [0.3, 0.4) is 0 Å². The number of allylic oxidation sites excluding steroid dienone is 1. The Morgan fingerprint density at radius 2 is 2.16 bits per heavy atom. The van der Waals surface area contributed by atoms with Crippen molar-refractivity contribution in [3.05, 3.63) is 36.0 Å². The number of hydrogen-bond donors (Lipinski definition) is 2. The van der Waals surface area contributed by atoms with Crippen LogP contribution in [0, 0.1) is 11.8 Å². The highest BCUT2D eigenvalue weighted by Crippen LogP contribution is 2.38. The van der Waals surface area contributed by atoms with E-state index in [1.165, 1.54) is 0 Å². The van der Waals surface area contributed by atoms with Crippen LogP contribution in [0.1, 0.15) is 32.6 Å². The second kappa shape index (κ2) is 8.45. The molecule has 1 fully saturated rings. The summed E-state index contributed by atoms with van der Waals surface area (Å²) in [5.41, 5.74) is 1.25. The Kier molecular flexibility index (Phi) is 6.56. The van der Waals surface area contributed by atoms with Crippen LogP contribution in [0.4, 0.5) is 0 Å². The van der Waals surface area contributed by atoms with Gasteiger partial charge in [0, 0.05) is 24.2 Å². The van der Waals surface area contributed by atoms with Crippen LogP contribution in [-0.4, -0.2) is 47.6 Å². The van der Waals surface area contributed by atoms with E-state index in [-0.39, 0.29) is 30.3 Å². The van der Waals surface area contributed by atoms with Gasteiger partial charge < -0.3 is 19.7 Å². The van der Waals surface area contributed by atoms with Crippen LogP contribution < -0.4 is 0 Å². The predicted octanol–water partition coefficient (Wildman–Crippen LogP) is 1.67. The number of rotatable bonds is 4. The second-order valence-electron chi connectivity index (χ2n) is 6.81. The molecule has 1 aliphatic heterocycles. The first-order valence-electron chi connectivity index (χ1n) is 8.53. The van der Waals surface area contributed by atoms with Crippen LogP contribution in [0.2, 0.25) is 0 Å². The molecule has 0 spiro atoms. The minimum atomic E-state index is -0.677. The predicted molar refractivity (Wildman–Crippen MR) is 91.4 cm³/mol. The minimum absolute atomic E-state index is 0.0221. The molecule has 0 saturated carbocycles. The molecular formula is C19H26O6. The lowest BCUT2D eigenvalue weighted by Crippen LogP contribution is -2.36. The fourth-order valence-corrected chi connectivity index (χ4v) is 3.39. The Balaban J connectivity index is 2.37. The third-order valence-corrected chi connectivity index (χ3v) is 4.83. The van der Waals surface area contributed by atoms with E-state index in [1.54, 1.807) is 6.92 Å². The first-order chi connectivity index (χ1) is 11.9. The highest BCUT2D eigenvalue weighted by atomic mass is 16.6. The van der Waals surface area contributed by atoms with Gasteiger partial charge in [0.25, 0.3) is 0 Å². The summed E-state index contributed by atoms with van der Waals surface area (Å²) in [6, 6.07) is 0. The van der Waals surface area contributed by atoms with Crippen molar-refractivity contribution in [2.75, 3.05) is 13.2 Å². The topological polar surface area (TPSA) is 93.1 Å². The molecule has 0 radical (unpaired) electrons. The fourth-order valence-electron chi connectivity index (χ4n) is 3.39. The summed E-state index contributed by atoms with van der Waals surface area (Å²) in [5.74, 6) is -1.60. The molecule has 0 bridgehead atoms. The zero-order chi connectivity index (χ0) is 18.6. The van der Waals surface area contributed by atoms with Crippen LogP contribution in [-0.2, 0) is 19.1 Å². The lowest BCUT2D eigenvalue weighted by molar-refractivity contribution is -0.148. The molecule has 0 aromatic heterocycles. The highest BCUT2D eigenvalue weighted by molar-refractivity contribution is 5.91. The monoisotopic (exact) mass is 350 g/mol. The molecule has 1 heterocycles. The standard InChI is InChI=1S/C19H26O6/c1-11(2)18(22)24-15-7-13(9-20)5-4-6-14(10-21)8-16-17(15)12(3)19(23)25-16/h5,14-17,20-21H,1,3-4,6-10H2,2H3/b13-5+/t14-,15?,16-,17-/m1/s1. The third-order valence-electron chi connectivity index (χ3n) is 4.83. The number of esters is 2. The zero-order valence-corrected chi connectivity index (χ0v) is 14.6. The minimum Gasteiger partial charge on any atom is -0.458 e. The summed E-state index contributed by atoms with van der Waals surface area (Å²) in [5, 5.41) is 19.2. The van der Waals surface area contributed by atoms with Gasteiger partial charge in [0.05, 0.1) is 12.5 Å². The fraction of sp³-hybridized carbons (Fsp3) is 0.579. The summed E-state index contributed by atoms with van der Waals surface area (Å²) in [6.45, 7) is 8.77. The molecule has 6 heteroatoms. The molecular weight excluding hydrogens is 324 g/mol. The van der Waals surface area contributed by atoms with Crippen molar-refractivity contribution in [3.63, 3.8) is 0 Å². The summed E-state index contributed by atoms with van der Waals surface area (Å²) in [4.78, 5) is 24.1. The summed E-state index contributed by atoms with van der Waals surface area (Å²) < 4.78 is 11.0. The molecule has 1 saturated heterocycles. The Morgan fingerprint density at radius 1 is 1.44 bits per heavy atom. The van der Waals surface area contributed by atoms with Crippen molar-refractivity contribution in [2.24, 2.45) is 11.8 Å². The van der Waals surface area contributed by atoms with E-state index in [2.05, 4.69) is 13.2 Å². The number of fused-ring (bicyclic) bond motifs is 1. The maximum absolute atomic E-state index is 12.1. The van der Waals surface area contributed by atoms with E-state index >= 15 is 0 Å². The Morgan fingerprint density at radius 3 is 2.76 bits per heavy atom. The average molecular weight is 350 g/mol. The first kappa shape index (κ1) is 19.4. The smallest absolute Gasteiger partial charge is 0.334 e. The van der Waals surface area contributed by atoms with Gasteiger partial charge in [-0.3, -0.25) is 0 Å². The molecule has 1 unspecified atom stereocenters. The maximum Gasteiger partial charge on any atom is 0.334 e. The van der Waals surface area contributed by atoms with Gasteiger partial charge in [-0.2, -0.15) is 0 Å². The number of hydrogen-bond acceptors (Lipinski definition) is 6. The molecule has 0 aromatic rings. The highest BCUT2D eigenvalue weighted by Gasteiger charge is 2.46.